The Morgan fingerprint density at radius 2 is 1.15 bits per heavy atom. The molecule has 0 saturated carbocycles. The Morgan fingerprint density at radius 1 is 0.610 bits per heavy atom. The predicted octanol–water partition coefficient (Wildman–Crippen LogP) is 7.25. The molecule has 0 aliphatic carbocycles. The van der Waals surface area contributed by atoms with Crippen LogP contribution in [0.1, 0.15) is 45.1 Å². The first kappa shape index (κ1) is 29.6. The number of hydrogen-bond donors (Lipinski definition) is 0. The summed E-state index contributed by atoms with van der Waals surface area (Å²) in [6, 6.07) is 26.7. The van der Waals surface area contributed by atoms with E-state index >= 15 is 0 Å². The van der Waals surface area contributed by atoms with E-state index in [-0.39, 0.29) is 0 Å². The van der Waals surface area contributed by atoms with Gasteiger partial charge in [-0.05, 0) is 63.1 Å². The van der Waals surface area contributed by atoms with E-state index in [0.717, 1.165) is 48.8 Å². The van der Waals surface area contributed by atoms with Crippen molar-refractivity contribution >= 4 is 29.0 Å². The van der Waals surface area contributed by atoms with Gasteiger partial charge in [0.1, 0.15) is 13.1 Å². The van der Waals surface area contributed by atoms with Crippen LogP contribution >= 0.6 is 0 Å². The molecule has 0 atom stereocenters. The monoisotopic (exact) mass is 549 g/mol. The van der Waals surface area contributed by atoms with Crippen molar-refractivity contribution in [2.75, 3.05) is 30.0 Å². The van der Waals surface area contributed by atoms with E-state index in [1.165, 1.54) is 31.4 Å². The standard InChI is InChI=1S/C34H43N7/c1-4-41(5-2)34-17-15-31(16-18-34)36-37-32-21-27-40(28-22-32)24-12-7-6-11-23-39-25-19-30(20-26-39)29-35-38(3)33-13-9-8-10-14-33/h8-10,13-22,25-29H,4-7,11-12,23-24H2,1-3H3/q+2. The van der Waals surface area contributed by atoms with Crippen LogP contribution in [0.2, 0.25) is 0 Å². The van der Waals surface area contributed by atoms with Gasteiger partial charge in [0.25, 0.3) is 0 Å². The number of hydrazone groups is 1. The summed E-state index contributed by atoms with van der Waals surface area (Å²) in [4.78, 5) is 2.32. The van der Waals surface area contributed by atoms with E-state index < -0.39 is 0 Å². The fourth-order valence-corrected chi connectivity index (χ4v) is 4.61. The molecule has 0 N–H and O–H groups in total. The van der Waals surface area contributed by atoms with Crippen LogP contribution in [0.25, 0.3) is 0 Å². The Balaban J connectivity index is 1.12. The second-order valence-electron chi connectivity index (χ2n) is 10.1. The fourth-order valence-electron chi connectivity index (χ4n) is 4.61. The van der Waals surface area contributed by atoms with Crippen molar-refractivity contribution in [1.29, 1.82) is 0 Å². The van der Waals surface area contributed by atoms with E-state index in [2.05, 4.69) is 92.3 Å². The summed E-state index contributed by atoms with van der Waals surface area (Å²) in [5, 5.41) is 15.2. The Bertz CT molecular complexity index is 1350. The fraction of sp³-hybridized carbons (Fsp3) is 0.324. The van der Waals surface area contributed by atoms with Gasteiger partial charge in [-0.3, -0.25) is 5.01 Å². The van der Waals surface area contributed by atoms with Gasteiger partial charge in [0.05, 0.1) is 23.3 Å². The lowest BCUT2D eigenvalue weighted by atomic mass is 10.2. The number of para-hydroxylation sites is 1. The highest BCUT2D eigenvalue weighted by molar-refractivity contribution is 5.79. The number of aryl methyl sites for hydroxylation is 2. The third-order valence-corrected chi connectivity index (χ3v) is 7.14. The summed E-state index contributed by atoms with van der Waals surface area (Å²) in [7, 11) is 1.96. The van der Waals surface area contributed by atoms with Crippen LogP contribution in [0.4, 0.5) is 22.7 Å². The summed E-state index contributed by atoms with van der Waals surface area (Å²) in [6.07, 6.45) is 15.1. The molecule has 2 heterocycles. The lowest BCUT2D eigenvalue weighted by Gasteiger charge is -2.20. The van der Waals surface area contributed by atoms with E-state index in [9.17, 15) is 0 Å². The van der Waals surface area contributed by atoms with Gasteiger partial charge >= 0.3 is 0 Å². The number of pyridine rings is 2. The molecule has 0 radical (unpaired) electrons. The summed E-state index contributed by atoms with van der Waals surface area (Å²) >= 11 is 0. The van der Waals surface area contributed by atoms with Crippen molar-refractivity contribution < 1.29 is 9.13 Å². The molecule has 0 spiro atoms. The first-order valence-electron chi connectivity index (χ1n) is 14.7. The van der Waals surface area contributed by atoms with Crippen molar-refractivity contribution in [2.24, 2.45) is 15.3 Å². The van der Waals surface area contributed by atoms with Crippen LogP contribution in [0.15, 0.2) is 119 Å². The summed E-state index contributed by atoms with van der Waals surface area (Å²) in [5.41, 5.74) is 5.12. The maximum absolute atomic E-state index is 4.54. The first-order chi connectivity index (χ1) is 20.1. The van der Waals surface area contributed by atoms with Crippen molar-refractivity contribution in [3.63, 3.8) is 0 Å². The Hall–Kier alpha value is -4.39. The summed E-state index contributed by atoms with van der Waals surface area (Å²) in [6.45, 7) is 8.39. The largest absolute Gasteiger partial charge is 0.372 e. The van der Waals surface area contributed by atoms with Crippen molar-refractivity contribution in [2.45, 2.75) is 52.6 Å². The van der Waals surface area contributed by atoms with Crippen LogP contribution in [0, 0.1) is 0 Å². The van der Waals surface area contributed by atoms with Crippen LogP contribution in [-0.4, -0.2) is 26.4 Å². The molecule has 4 aromatic rings. The molecular formula is C34H43N7+2. The highest BCUT2D eigenvalue weighted by Crippen LogP contribution is 2.22. The number of hydrogen-bond acceptors (Lipinski definition) is 5. The minimum Gasteiger partial charge on any atom is -0.372 e. The first-order valence-corrected chi connectivity index (χ1v) is 14.7. The molecule has 4 rings (SSSR count). The van der Waals surface area contributed by atoms with Gasteiger partial charge in [-0.25, -0.2) is 9.13 Å². The highest BCUT2D eigenvalue weighted by atomic mass is 15.4. The van der Waals surface area contributed by atoms with E-state index in [4.69, 9.17) is 0 Å². The molecule has 212 valence electrons. The summed E-state index contributed by atoms with van der Waals surface area (Å²) in [5.74, 6) is 0. The van der Waals surface area contributed by atoms with Gasteiger partial charge in [0, 0.05) is 68.5 Å². The van der Waals surface area contributed by atoms with E-state index in [1.807, 2.05) is 72.9 Å². The van der Waals surface area contributed by atoms with E-state index in [0.29, 0.717) is 0 Å². The highest BCUT2D eigenvalue weighted by Gasteiger charge is 2.05. The molecule has 0 fully saturated rings. The molecule has 0 aliphatic rings. The van der Waals surface area contributed by atoms with Gasteiger partial charge in [-0.1, -0.05) is 18.2 Å². The van der Waals surface area contributed by atoms with Crippen molar-refractivity contribution in [3.05, 3.63) is 109 Å². The average molecular weight is 550 g/mol. The maximum atomic E-state index is 4.54. The van der Waals surface area contributed by atoms with Crippen molar-refractivity contribution in [3.8, 4) is 0 Å². The molecule has 7 heteroatoms. The second-order valence-corrected chi connectivity index (χ2v) is 10.1. The lowest BCUT2D eigenvalue weighted by molar-refractivity contribution is -0.698. The Labute approximate surface area is 245 Å². The zero-order valence-electron chi connectivity index (χ0n) is 24.7. The smallest absolute Gasteiger partial charge is 0.171 e. The number of nitrogens with zero attached hydrogens (tertiary/aromatic N) is 7. The van der Waals surface area contributed by atoms with Gasteiger partial charge < -0.3 is 4.90 Å². The van der Waals surface area contributed by atoms with Crippen LogP contribution in [0.5, 0.6) is 0 Å². The third kappa shape index (κ3) is 9.64. The zero-order chi connectivity index (χ0) is 28.7. The molecule has 0 saturated heterocycles. The topological polar surface area (TPSA) is 51.3 Å². The molecular weight excluding hydrogens is 506 g/mol. The van der Waals surface area contributed by atoms with Crippen LogP contribution < -0.4 is 19.0 Å². The van der Waals surface area contributed by atoms with Gasteiger partial charge in [0.15, 0.2) is 24.8 Å². The molecule has 0 unspecified atom stereocenters. The minimum atomic E-state index is 0.867. The van der Waals surface area contributed by atoms with Gasteiger partial charge in [-0.2, -0.15) is 15.3 Å². The quantitative estimate of drug-likeness (QED) is 0.0515. The number of benzene rings is 2. The zero-order valence-corrected chi connectivity index (χ0v) is 24.7. The molecule has 0 amide bonds. The number of anilines is 2. The SMILES string of the molecule is CCN(CC)c1ccc(N=Nc2cc[n+](CCCCCC[n+]3ccc(C=NN(C)c4ccccc4)cc3)cc2)cc1. The van der Waals surface area contributed by atoms with Gasteiger partial charge in [0.2, 0.25) is 0 Å². The van der Waals surface area contributed by atoms with E-state index in [1.54, 1.807) is 0 Å². The predicted molar refractivity (Wildman–Crippen MR) is 168 cm³/mol. The number of unbranched alkanes of at least 4 members (excludes halogenated alkanes) is 3. The molecule has 41 heavy (non-hydrogen) atoms. The molecule has 7 nitrogen and oxygen atoms in total. The Kier molecular flexibility index (Phi) is 11.6. The molecule has 0 bridgehead atoms. The molecule has 2 aromatic carbocycles. The normalized spacial score (nSPS) is 11.4. The van der Waals surface area contributed by atoms with Gasteiger partial charge in [-0.15, -0.1) is 0 Å². The summed E-state index contributed by atoms with van der Waals surface area (Å²) < 4.78 is 4.47. The van der Waals surface area contributed by atoms with Crippen LogP contribution in [0.3, 0.4) is 0 Å². The third-order valence-electron chi connectivity index (χ3n) is 7.14. The average Bonchev–Trinajstić information content (AvgIpc) is 3.03. The Morgan fingerprint density at radius 3 is 1.71 bits per heavy atom. The molecule has 2 aromatic heterocycles. The second kappa shape index (κ2) is 16.0. The molecule has 0 aliphatic heterocycles. The van der Waals surface area contributed by atoms with Crippen LogP contribution in [-0.2, 0) is 13.1 Å². The number of rotatable bonds is 15. The number of aromatic nitrogens is 2. The minimum absolute atomic E-state index is 0.867. The van der Waals surface area contributed by atoms with Crippen molar-refractivity contribution in [1.82, 2.24) is 0 Å². The lowest BCUT2D eigenvalue weighted by Crippen LogP contribution is -2.33. The maximum Gasteiger partial charge on any atom is 0.171 e. The number of azo groups is 1.